The maximum Gasteiger partial charge on any atom is 0.335 e. The Kier molecular flexibility index (Phi) is 3.17. The molecule has 0 fully saturated rings. The number of aromatic nitrogens is 2. The Hall–Kier alpha value is -2.69. The molecule has 0 aliphatic heterocycles. The molecule has 1 heterocycles. The molecule has 106 valence electrons. The zero-order chi connectivity index (χ0) is 15.0. The average molecular weight is 284 g/mol. The molecule has 3 aromatic rings. The van der Waals surface area contributed by atoms with Crippen LogP contribution in [0.4, 0.5) is 4.39 Å². The third kappa shape index (κ3) is 2.27. The molecule has 4 nitrogen and oxygen atoms in total. The van der Waals surface area contributed by atoms with E-state index >= 15 is 0 Å². The molecule has 21 heavy (non-hydrogen) atoms. The smallest absolute Gasteiger partial charge is 0.335 e. The molecular weight excluding hydrogens is 271 g/mol. The van der Waals surface area contributed by atoms with Crippen LogP contribution in [0.15, 0.2) is 48.8 Å². The van der Waals surface area contributed by atoms with Crippen LogP contribution >= 0.6 is 0 Å². The minimum absolute atomic E-state index is 0.186. The second kappa shape index (κ2) is 5.01. The normalized spacial score (nSPS) is 12.5. The summed E-state index contributed by atoms with van der Waals surface area (Å²) in [5.41, 5.74) is 2.11. The van der Waals surface area contributed by atoms with Gasteiger partial charge in [0.2, 0.25) is 0 Å². The SMILES string of the molecule is CC(c1ccccc1F)n1cnc2cc(C(=O)O)ccc21. The van der Waals surface area contributed by atoms with Crippen molar-refractivity contribution in [3.05, 3.63) is 65.7 Å². The minimum Gasteiger partial charge on any atom is -0.478 e. The van der Waals surface area contributed by atoms with Crippen molar-refractivity contribution in [1.82, 2.24) is 9.55 Å². The van der Waals surface area contributed by atoms with Crippen molar-refractivity contribution < 1.29 is 14.3 Å². The summed E-state index contributed by atoms with van der Waals surface area (Å²) in [6.07, 6.45) is 1.60. The van der Waals surface area contributed by atoms with E-state index in [0.29, 0.717) is 11.1 Å². The third-order valence-electron chi connectivity index (χ3n) is 3.59. The number of imidazole rings is 1. The van der Waals surface area contributed by atoms with Gasteiger partial charge in [-0.2, -0.15) is 0 Å². The zero-order valence-electron chi connectivity index (χ0n) is 11.3. The molecule has 0 amide bonds. The predicted molar refractivity (Wildman–Crippen MR) is 76.9 cm³/mol. The van der Waals surface area contributed by atoms with Gasteiger partial charge in [-0.05, 0) is 31.2 Å². The first-order chi connectivity index (χ1) is 10.1. The van der Waals surface area contributed by atoms with Gasteiger partial charge in [0.05, 0.1) is 29.0 Å². The fourth-order valence-electron chi connectivity index (χ4n) is 2.44. The molecule has 0 aliphatic carbocycles. The number of fused-ring (bicyclic) bond motifs is 1. The van der Waals surface area contributed by atoms with Crippen LogP contribution in [0.1, 0.15) is 28.9 Å². The van der Waals surface area contributed by atoms with Crippen LogP contribution in [-0.2, 0) is 0 Å². The van der Waals surface area contributed by atoms with Gasteiger partial charge in [-0.3, -0.25) is 0 Å². The van der Waals surface area contributed by atoms with Gasteiger partial charge in [0, 0.05) is 5.56 Å². The van der Waals surface area contributed by atoms with Gasteiger partial charge in [0.25, 0.3) is 0 Å². The molecule has 0 saturated carbocycles. The quantitative estimate of drug-likeness (QED) is 0.801. The van der Waals surface area contributed by atoms with Crippen LogP contribution < -0.4 is 0 Å². The Balaban J connectivity index is 2.09. The van der Waals surface area contributed by atoms with Crippen LogP contribution in [0.5, 0.6) is 0 Å². The second-order valence-electron chi connectivity index (χ2n) is 4.86. The van der Waals surface area contributed by atoms with Crippen molar-refractivity contribution in [3.63, 3.8) is 0 Å². The van der Waals surface area contributed by atoms with Crippen molar-refractivity contribution in [2.24, 2.45) is 0 Å². The first-order valence-electron chi connectivity index (χ1n) is 6.52. The molecular formula is C16H13FN2O2. The van der Waals surface area contributed by atoms with E-state index in [0.717, 1.165) is 5.52 Å². The number of halogens is 1. The van der Waals surface area contributed by atoms with Crippen LogP contribution in [0.25, 0.3) is 11.0 Å². The molecule has 5 heteroatoms. The van der Waals surface area contributed by atoms with Crippen LogP contribution in [0.2, 0.25) is 0 Å². The van der Waals surface area contributed by atoms with Crippen LogP contribution in [0.3, 0.4) is 0 Å². The molecule has 2 aromatic carbocycles. The lowest BCUT2D eigenvalue weighted by Gasteiger charge is -2.15. The molecule has 0 aliphatic rings. The number of carboxylic acids is 1. The molecule has 0 saturated heterocycles. The maximum atomic E-state index is 13.9. The highest BCUT2D eigenvalue weighted by molar-refractivity contribution is 5.92. The fraction of sp³-hybridized carbons (Fsp3) is 0.125. The van der Waals surface area contributed by atoms with Gasteiger partial charge in [0.15, 0.2) is 0 Å². The van der Waals surface area contributed by atoms with Gasteiger partial charge in [-0.15, -0.1) is 0 Å². The highest BCUT2D eigenvalue weighted by Crippen LogP contribution is 2.25. The van der Waals surface area contributed by atoms with E-state index in [2.05, 4.69) is 4.98 Å². The van der Waals surface area contributed by atoms with E-state index in [1.807, 2.05) is 11.5 Å². The Morgan fingerprint density at radius 1 is 1.29 bits per heavy atom. The lowest BCUT2D eigenvalue weighted by molar-refractivity contribution is 0.0697. The first-order valence-corrected chi connectivity index (χ1v) is 6.52. The maximum absolute atomic E-state index is 13.9. The summed E-state index contributed by atoms with van der Waals surface area (Å²) in [6, 6.07) is 11.1. The van der Waals surface area contributed by atoms with Crippen LogP contribution in [-0.4, -0.2) is 20.6 Å². The molecule has 0 bridgehead atoms. The zero-order valence-corrected chi connectivity index (χ0v) is 11.3. The van der Waals surface area contributed by atoms with Gasteiger partial charge in [-0.1, -0.05) is 18.2 Å². The Bertz CT molecular complexity index is 826. The molecule has 3 rings (SSSR count). The first kappa shape index (κ1) is 13.3. The molecule has 1 aromatic heterocycles. The topological polar surface area (TPSA) is 55.1 Å². The van der Waals surface area contributed by atoms with Gasteiger partial charge in [-0.25, -0.2) is 14.2 Å². The third-order valence-corrected chi connectivity index (χ3v) is 3.59. The van der Waals surface area contributed by atoms with Gasteiger partial charge in [0.1, 0.15) is 5.82 Å². The van der Waals surface area contributed by atoms with E-state index in [4.69, 9.17) is 5.11 Å². The molecule has 1 N–H and O–H groups in total. The highest BCUT2D eigenvalue weighted by atomic mass is 19.1. The summed E-state index contributed by atoms with van der Waals surface area (Å²) in [6.45, 7) is 1.88. The van der Waals surface area contributed by atoms with E-state index in [1.165, 1.54) is 18.2 Å². The second-order valence-corrected chi connectivity index (χ2v) is 4.86. The van der Waals surface area contributed by atoms with Crippen molar-refractivity contribution in [1.29, 1.82) is 0 Å². The standard InChI is InChI=1S/C16H13FN2O2/c1-10(12-4-2-3-5-13(12)17)19-9-18-14-8-11(16(20)21)6-7-15(14)19/h2-10H,1H3,(H,20,21). The Morgan fingerprint density at radius 3 is 2.76 bits per heavy atom. The molecule has 1 atom stereocenters. The monoisotopic (exact) mass is 284 g/mol. The minimum atomic E-state index is -0.992. The Morgan fingerprint density at radius 2 is 2.05 bits per heavy atom. The van der Waals surface area contributed by atoms with Crippen LogP contribution in [0, 0.1) is 5.82 Å². The summed E-state index contributed by atoms with van der Waals surface area (Å²) in [5.74, 6) is -1.26. The average Bonchev–Trinajstić information content (AvgIpc) is 2.90. The van der Waals surface area contributed by atoms with Crippen molar-refractivity contribution in [2.75, 3.05) is 0 Å². The number of nitrogens with zero attached hydrogens (tertiary/aromatic N) is 2. The summed E-state index contributed by atoms with van der Waals surface area (Å²) >= 11 is 0. The molecule has 0 spiro atoms. The lowest BCUT2D eigenvalue weighted by Crippen LogP contribution is -2.07. The van der Waals surface area contributed by atoms with Gasteiger partial charge < -0.3 is 9.67 Å². The van der Waals surface area contributed by atoms with E-state index < -0.39 is 5.97 Å². The number of rotatable bonds is 3. The number of carbonyl (C=O) groups is 1. The molecule has 0 radical (unpaired) electrons. The Labute approximate surface area is 120 Å². The molecule has 1 unspecified atom stereocenters. The van der Waals surface area contributed by atoms with E-state index in [9.17, 15) is 9.18 Å². The number of hydrogen-bond acceptors (Lipinski definition) is 2. The van der Waals surface area contributed by atoms with E-state index in [-0.39, 0.29) is 17.4 Å². The predicted octanol–water partition coefficient (Wildman–Crippen LogP) is 3.48. The highest BCUT2D eigenvalue weighted by Gasteiger charge is 2.15. The number of benzene rings is 2. The lowest BCUT2D eigenvalue weighted by atomic mass is 10.1. The summed E-state index contributed by atoms with van der Waals surface area (Å²) in [7, 11) is 0. The van der Waals surface area contributed by atoms with Crippen molar-refractivity contribution in [3.8, 4) is 0 Å². The van der Waals surface area contributed by atoms with Crippen molar-refractivity contribution >= 4 is 17.0 Å². The summed E-state index contributed by atoms with van der Waals surface area (Å²) < 4.78 is 15.7. The van der Waals surface area contributed by atoms with Gasteiger partial charge >= 0.3 is 5.97 Å². The summed E-state index contributed by atoms with van der Waals surface area (Å²) in [5, 5.41) is 8.99. The number of carboxylic acid groups (broad SMARTS) is 1. The number of aromatic carboxylic acids is 1. The van der Waals surface area contributed by atoms with Crippen molar-refractivity contribution in [2.45, 2.75) is 13.0 Å². The number of hydrogen-bond donors (Lipinski definition) is 1. The largest absolute Gasteiger partial charge is 0.478 e. The van der Waals surface area contributed by atoms with E-state index in [1.54, 1.807) is 30.6 Å². The fourth-order valence-corrected chi connectivity index (χ4v) is 2.44. The summed E-state index contributed by atoms with van der Waals surface area (Å²) in [4.78, 5) is 15.2.